The summed E-state index contributed by atoms with van der Waals surface area (Å²) in [4.78, 5) is 24.5. The second-order valence-electron chi connectivity index (χ2n) is 7.24. The highest BCUT2D eigenvalue weighted by Gasteiger charge is 2.26. The molecule has 1 amide bonds. The first kappa shape index (κ1) is 23.6. The van der Waals surface area contributed by atoms with E-state index in [2.05, 4.69) is 12.2 Å². The van der Waals surface area contributed by atoms with Gasteiger partial charge < -0.3 is 10.1 Å². The Morgan fingerprint density at radius 2 is 1.86 bits per heavy atom. The number of amides is 1. The van der Waals surface area contributed by atoms with Gasteiger partial charge in [-0.05, 0) is 37.0 Å². The standard InChI is InChI=1S/C20H29ClN2O5S/c1-4-23(5-2)29(26,27)15-10-11-17(21)16(12-15)20(25)28-13-19(24)22-18-9-7-6-8-14(18)3/h10-12,14,18H,4-9,13H2,1-3H3,(H,22,24)/t14-,18+/m0/s1. The minimum absolute atomic E-state index is 0.0435. The first-order chi connectivity index (χ1) is 13.7. The van der Waals surface area contributed by atoms with Crippen LogP contribution in [-0.2, 0) is 19.6 Å². The van der Waals surface area contributed by atoms with Crippen LogP contribution >= 0.6 is 11.6 Å². The number of hydrogen-bond donors (Lipinski definition) is 1. The molecule has 0 heterocycles. The molecule has 1 fully saturated rings. The van der Waals surface area contributed by atoms with Crippen LogP contribution in [0.3, 0.4) is 0 Å². The minimum atomic E-state index is -3.74. The van der Waals surface area contributed by atoms with Crippen LogP contribution in [0.15, 0.2) is 23.1 Å². The van der Waals surface area contributed by atoms with E-state index in [1.165, 1.54) is 22.5 Å². The third kappa shape index (κ3) is 5.93. The normalized spacial score (nSPS) is 19.8. The van der Waals surface area contributed by atoms with Crippen molar-refractivity contribution < 1.29 is 22.7 Å². The van der Waals surface area contributed by atoms with Crippen molar-refractivity contribution in [3.05, 3.63) is 28.8 Å². The zero-order chi connectivity index (χ0) is 21.6. The number of sulfonamides is 1. The zero-order valence-corrected chi connectivity index (χ0v) is 18.7. The van der Waals surface area contributed by atoms with Crippen molar-refractivity contribution in [2.24, 2.45) is 5.92 Å². The van der Waals surface area contributed by atoms with Gasteiger partial charge in [0.25, 0.3) is 5.91 Å². The van der Waals surface area contributed by atoms with Crippen molar-refractivity contribution in [1.29, 1.82) is 0 Å². The Bertz CT molecular complexity index is 839. The second-order valence-corrected chi connectivity index (χ2v) is 9.59. The molecule has 0 aromatic heterocycles. The molecule has 1 N–H and O–H groups in total. The third-order valence-corrected chi connectivity index (χ3v) is 7.67. The summed E-state index contributed by atoms with van der Waals surface area (Å²) in [6, 6.07) is 3.97. The molecule has 2 rings (SSSR count). The number of rotatable bonds is 8. The number of nitrogens with zero attached hydrogens (tertiary/aromatic N) is 1. The number of esters is 1. The Hall–Kier alpha value is -1.64. The molecular formula is C20H29ClN2O5S. The van der Waals surface area contributed by atoms with E-state index in [1.54, 1.807) is 13.8 Å². The monoisotopic (exact) mass is 444 g/mol. The zero-order valence-electron chi connectivity index (χ0n) is 17.1. The van der Waals surface area contributed by atoms with Crippen LogP contribution in [0.1, 0.15) is 56.8 Å². The van der Waals surface area contributed by atoms with Crippen molar-refractivity contribution >= 4 is 33.5 Å². The molecule has 7 nitrogen and oxygen atoms in total. The molecule has 0 bridgehead atoms. The van der Waals surface area contributed by atoms with E-state index < -0.39 is 22.6 Å². The predicted octanol–water partition coefficient (Wildman–Crippen LogP) is 3.22. The molecule has 29 heavy (non-hydrogen) atoms. The lowest BCUT2D eigenvalue weighted by molar-refractivity contribution is -0.125. The molecule has 0 saturated heterocycles. The summed E-state index contributed by atoms with van der Waals surface area (Å²) >= 11 is 6.07. The van der Waals surface area contributed by atoms with Crippen molar-refractivity contribution in [1.82, 2.24) is 9.62 Å². The average Bonchev–Trinajstić information content (AvgIpc) is 2.69. The van der Waals surface area contributed by atoms with Crippen LogP contribution in [0.4, 0.5) is 0 Å². The average molecular weight is 445 g/mol. The lowest BCUT2D eigenvalue weighted by Gasteiger charge is -2.29. The number of ether oxygens (including phenoxy) is 1. The van der Waals surface area contributed by atoms with Crippen molar-refractivity contribution in [3.8, 4) is 0 Å². The van der Waals surface area contributed by atoms with Gasteiger partial charge in [-0.15, -0.1) is 0 Å². The van der Waals surface area contributed by atoms with Gasteiger partial charge in [0.15, 0.2) is 6.61 Å². The fourth-order valence-corrected chi connectivity index (χ4v) is 5.20. The molecule has 1 aromatic rings. The minimum Gasteiger partial charge on any atom is -0.452 e. The van der Waals surface area contributed by atoms with Gasteiger partial charge in [0.2, 0.25) is 10.0 Å². The van der Waals surface area contributed by atoms with E-state index >= 15 is 0 Å². The molecule has 0 aliphatic heterocycles. The largest absolute Gasteiger partial charge is 0.452 e. The van der Waals surface area contributed by atoms with Gasteiger partial charge in [0, 0.05) is 19.1 Å². The quantitative estimate of drug-likeness (QED) is 0.621. The molecule has 1 saturated carbocycles. The van der Waals surface area contributed by atoms with Crippen LogP contribution in [0.2, 0.25) is 5.02 Å². The summed E-state index contributed by atoms with van der Waals surface area (Å²) in [5, 5.41) is 2.97. The van der Waals surface area contributed by atoms with Crippen LogP contribution < -0.4 is 5.32 Å². The first-order valence-electron chi connectivity index (χ1n) is 9.96. The summed E-state index contributed by atoms with van der Waals surface area (Å²) in [7, 11) is -3.74. The topological polar surface area (TPSA) is 92.8 Å². The second kappa shape index (κ2) is 10.4. The highest BCUT2D eigenvalue weighted by Crippen LogP contribution is 2.25. The molecule has 0 spiro atoms. The van der Waals surface area contributed by atoms with Crippen LogP contribution in [0, 0.1) is 5.92 Å². The Labute approximate surface area is 177 Å². The Morgan fingerprint density at radius 1 is 1.21 bits per heavy atom. The van der Waals surface area contributed by atoms with E-state index in [0.717, 1.165) is 25.7 Å². The SMILES string of the molecule is CCN(CC)S(=O)(=O)c1ccc(Cl)c(C(=O)OCC(=O)N[C@@H]2CCCC[C@@H]2C)c1. The maximum atomic E-state index is 12.7. The maximum Gasteiger partial charge on any atom is 0.340 e. The van der Waals surface area contributed by atoms with Gasteiger partial charge in [-0.1, -0.05) is 45.2 Å². The number of benzene rings is 1. The molecule has 2 atom stereocenters. The van der Waals surface area contributed by atoms with Crippen LogP contribution in [-0.4, -0.2) is 50.3 Å². The van der Waals surface area contributed by atoms with Crippen molar-refractivity contribution in [2.75, 3.05) is 19.7 Å². The van der Waals surface area contributed by atoms with E-state index in [-0.39, 0.29) is 27.4 Å². The van der Waals surface area contributed by atoms with Gasteiger partial charge in [-0.3, -0.25) is 4.79 Å². The van der Waals surface area contributed by atoms with Gasteiger partial charge in [-0.2, -0.15) is 4.31 Å². The molecule has 1 aromatic carbocycles. The summed E-state index contributed by atoms with van der Waals surface area (Å²) in [5.41, 5.74) is -0.0845. The molecule has 0 unspecified atom stereocenters. The summed E-state index contributed by atoms with van der Waals surface area (Å²) in [6.07, 6.45) is 4.21. The summed E-state index contributed by atoms with van der Waals surface area (Å²) < 4.78 is 31.7. The van der Waals surface area contributed by atoms with Crippen molar-refractivity contribution in [2.45, 2.75) is 57.4 Å². The van der Waals surface area contributed by atoms with Gasteiger partial charge in [0.1, 0.15) is 0 Å². The fraction of sp³-hybridized carbons (Fsp3) is 0.600. The smallest absolute Gasteiger partial charge is 0.340 e. The molecule has 0 radical (unpaired) electrons. The number of halogens is 1. The molecular weight excluding hydrogens is 416 g/mol. The molecule has 162 valence electrons. The highest BCUT2D eigenvalue weighted by molar-refractivity contribution is 7.89. The Balaban J connectivity index is 2.06. The van der Waals surface area contributed by atoms with Gasteiger partial charge in [0.05, 0.1) is 15.5 Å². The molecule has 1 aliphatic rings. The van der Waals surface area contributed by atoms with E-state index in [9.17, 15) is 18.0 Å². The van der Waals surface area contributed by atoms with Crippen molar-refractivity contribution in [3.63, 3.8) is 0 Å². The number of carbonyl (C=O) groups excluding carboxylic acids is 2. The lowest BCUT2D eigenvalue weighted by Crippen LogP contribution is -2.42. The van der Waals surface area contributed by atoms with Crippen LogP contribution in [0.5, 0.6) is 0 Å². The van der Waals surface area contributed by atoms with E-state index in [0.29, 0.717) is 19.0 Å². The predicted molar refractivity (Wildman–Crippen MR) is 111 cm³/mol. The molecule has 1 aliphatic carbocycles. The Kier molecular flexibility index (Phi) is 8.48. The maximum absolute atomic E-state index is 12.7. The number of nitrogens with one attached hydrogen (secondary N) is 1. The van der Waals surface area contributed by atoms with E-state index in [4.69, 9.17) is 16.3 Å². The number of hydrogen-bond acceptors (Lipinski definition) is 5. The fourth-order valence-electron chi connectivity index (χ4n) is 3.52. The lowest BCUT2D eigenvalue weighted by atomic mass is 9.86. The summed E-state index contributed by atoms with van der Waals surface area (Å²) in [5.74, 6) is -0.821. The van der Waals surface area contributed by atoms with Gasteiger partial charge >= 0.3 is 5.97 Å². The first-order valence-corrected chi connectivity index (χ1v) is 11.8. The third-order valence-electron chi connectivity index (χ3n) is 5.29. The number of carbonyl (C=O) groups is 2. The van der Waals surface area contributed by atoms with Gasteiger partial charge in [-0.25, -0.2) is 13.2 Å². The van der Waals surface area contributed by atoms with E-state index in [1.807, 2.05) is 0 Å². The summed E-state index contributed by atoms with van der Waals surface area (Å²) in [6.45, 7) is 5.74. The highest BCUT2D eigenvalue weighted by atomic mass is 35.5. The Morgan fingerprint density at radius 3 is 2.48 bits per heavy atom. The molecule has 9 heteroatoms. The van der Waals surface area contributed by atoms with Crippen LogP contribution in [0.25, 0.3) is 0 Å².